The van der Waals surface area contributed by atoms with E-state index in [9.17, 15) is 42.7 Å². The number of para-hydroxylation sites is 3. The van der Waals surface area contributed by atoms with Gasteiger partial charge in [0.2, 0.25) is 35.4 Å². The number of carbonyl (C=O) groups is 8. The number of amides is 10. The highest BCUT2D eigenvalue weighted by molar-refractivity contribution is 8.01. The van der Waals surface area contributed by atoms with Gasteiger partial charge < -0.3 is 54.8 Å². The zero-order valence-electron chi connectivity index (χ0n) is 66.7. The van der Waals surface area contributed by atoms with E-state index in [2.05, 4.69) is 119 Å². The number of aromatic nitrogens is 1. The number of likely N-dealkylation sites (tertiary alicyclic amines) is 3. The molecule has 1 spiro atoms. The molecule has 6 fully saturated rings. The topological polar surface area (TPSA) is 202 Å². The Morgan fingerprint density at radius 1 is 0.518 bits per heavy atom. The number of anilines is 2. The summed E-state index contributed by atoms with van der Waals surface area (Å²) < 4.78 is 14.8. The molecule has 114 heavy (non-hydrogen) atoms. The van der Waals surface area contributed by atoms with Crippen LogP contribution in [0.1, 0.15) is 187 Å². The molecule has 19 nitrogen and oxygen atoms in total. The molecule has 9 heterocycles. The van der Waals surface area contributed by atoms with Crippen molar-refractivity contribution in [2.45, 2.75) is 201 Å². The SMILES string of the molecule is CC(C)(C)CCN1C(=O)C(CC(=O)N2CCC(N3Cc4ccccc4NC3=O)CC2)SC1c1cccc2cc[nH]c12.CC(C)CCN1C(=O)C(CC(=O)N2CCC(N3Cc4ccccc4NC3=O)CC2)SC1c1c(F)cccc1Cl.CC(C)CCN1C(=O)C(CC(=O)N2CCC3(CCc4ccccc43)CC2)SC1c1ccccc1. The summed E-state index contributed by atoms with van der Waals surface area (Å²) in [6.07, 6.45) is 12.4. The highest BCUT2D eigenvalue weighted by Gasteiger charge is 2.49. The Bertz CT molecular complexity index is 4630. The van der Waals surface area contributed by atoms with Gasteiger partial charge in [-0.1, -0.05) is 175 Å². The van der Waals surface area contributed by atoms with E-state index in [4.69, 9.17) is 11.6 Å². The fourth-order valence-electron chi connectivity index (χ4n) is 17.7. The van der Waals surface area contributed by atoms with Crippen LogP contribution in [0.2, 0.25) is 5.02 Å². The summed E-state index contributed by atoms with van der Waals surface area (Å²) in [5.74, 6) is 0.593. The smallest absolute Gasteiger partial charge is 0.322 e. The van der Waals surface area contributed by atoms with E-state index in [0.29, 0.717) is 89.0 Å². The Morgan fingerprint density at radius 3 is 1.51 bits per heavy atom. The molecule has 10 amide bonds. The molecular weight excluding hydrogens is 1510 g/mol. The van der Waals surface area contributed by atoms with Crippen LogP contribution in [0.15, 0.2) is 152 Å². The first-order valence-corrected chi connectivity index (χ1v) is 44.2. The van der Waals surface area contributed by atoms with Crippen molar-refractivity contribution >= 4 is 117 Å². The summed E-state index contributed by atoms with van der Waals surface area (Å²) in [4.78, 5) is 125. The van der Waals surface area contributed by atoms with Gasteiger partial charge in [-0.2, -0.15) is 0 Å². The second kappa shape index (κ2) is 35.9. The largest absolute Gasteiger partial charge is 0.361 e. The van der Waals surface area contributed by atoms with Gasteiger partial charge in [0.1, 0.15) is 21.9 Å². The second-order valence-electron chi connectivity index (χ2n) is 34.1. The Hall–Kier alpha value is -8.51. The monoisotopic (exact) mass is 1620 g/mol. The molecule has 16 rings (SSSR count). The first-order valence-electron chi connectivity index (χ1n) is 41.0. The zero-order chi connectivity index (χ0) is 80.1. The van der Waals surface area contributed by atoms with Crippen molar-refractivity contribution in [1.29, 1.82) is 0 Å². The van der Waals surface area contributed by atoms with E-state index in [0.717, 1.165) is 116 Å². The number of nitrogens with one attached hydrogen (secondary N) is 3. The lowest BCUT2D eigenvalue weighted by Gasteiger charge is -2.40. The summed E-state index contributed by atoms with van der Waals surface area (Å²) in [6.45, 7) is 22.0. The second-order valence-corrected chi connectivity index (χ2v) is 38.4. The van der Waals surface area contributed by atoms with Gasteiger partial charge in [0.15, 0.2) is 0 Å². The summed E-state index contributed by atoms with van der Waals surface area (Å²) in [5.41, 5.74) is 10.9. The van der Waals surface area contributed by atoms with Gasteiger partial charge in [-0.05, 0) is 157 Å². The fourth-order valence-corrected chi connectivity index (χ4v) is 22.6. The molecule has 604 valence electrons. The van der Waals surface area contributed by atoms with Gasteiger partial charge in [0.05, 0.1) is 21.3 Å². The molecule has 24 heteroatoms. The maximum Gasteiger partial charge on any atom is 0.322 e. The first kappa shape index (κ1) is 82.0. The van der Waals surface area contributed by atoms with E-state index >= 15 is 0 Å². The molecule has 9 aliphatic rings. The van der Waals surface area contributed by atoms with Crippen LogP contribution in [0.4, 0.5) is 25.4 Å². The van der Waals surface area contributed by atoms with Crippen molar-refractivity contribution in [3.63, 3.8) is 0 Å². The van der Waals surface area contributed by atoms with Gasteiger partial charge in [-0.25, -0.2) is 14.0 Å². The lowest BCUT2D eigenvalue weighted by Crippen LogP contribution is -2.51. The van der Waals surface area contributed by atoms with Crippen LogP contribution < -0.4 is 10.6 Å². The predicted octanol–water partition coefficient (Wildman–Crippen LogP) is 17.4. The maximum absolute atomic E-state index is 14.8. The molecule has 8 aliphatic heterocycles. The number of nitrogens with zero attached hydrogens (tertiary/aromatic N) is 8. The number of fused-ring (bicyclic) bond motifs is 5. The Kier molecular flexibility index (Phi) is 25.9. The molecule has 1 aliphatic carbocycles. The number of carbonyl (C=O) groups excluding carboxylic acids is 8. The van der Waals surface area contributed by atoms with Crippen LogP contribution in [-0.2, 0) is 53.7 Å². The lowest BCUT2D eigenvalue weighted by atomic mass is 9.74. The predicted molar refractivity (Wildman–Crippen MR) is 454 cm³/mol. The number of hydrogen-bond donors (Lipinski definition) is 3. The molecule has 0 radical (unpaired) electrons. The number of piperidine rings is 3. The number of aryl methyl sites for hydroxylation is 1. The molecular formula is C90H109ClFN11O8S3. The normalized spacial score (nSPS) is 22.4. The van der Waals surface area contributed by atoms with Crippen molar-refractivity contribution in [1.82, 2.24) is 44.2 Å². The van der Waals surface area contributed by atoms with Crippen molar-refractivity contribution in [2.75, 3.05) is 69.5 Å². The molecule has 6 atom stereocenters. The Balaban J connectivity index is 0.000000142. The van der Waals surface area contributed by atoms with E-state index < -0.39 is 21.7 Å². The quantitative estimate of drug-likeness (QED) is 0.0695. The number of hydrogen-bond acceptors (Lipinski definition) is 11. The van der Waals surface area contributed by atoms with Crippen molar-refractivity contribution in [3.05, 3.63) is 202 Å². The summed E-state index contributed by atoms with van der Waals surface area (Å²) in [6, 6.07) is 47.6. The van der Waals surface area contributed by atoms with Crippen LogP contribution in [0, 0.1) is 23.1 Å². The highest BCUT2D eigenvalue weighted by atomic mass is 35.5. The number of aromatic amines is 1. The van der Waals surface area contributed by atoms with Gasteiger partial charge in [-0.3, -0.25) is 28.8 Å². The minimum Gasteiger partial charge on any atom is -0.361 e. The van der Waals surface area contributed by atoms with Gasteiger partial charge >= 0.3 is 12.1 Å². The minimum atomic E-state index is -0.590. The molecule has 0 saturated carbocycles. The van der Waals surface area contributed by atoms with Gasteiger partial charge in [0, 0.05) is 137 Å². The molecule has 7 aromatic rings. The van der Waals surface area contributed by atoms with Crippen molar-refractivity contribution in [2.24, 2.45) is 17.3 Å². The lowest BCUT2D eigenvalue weighted by molar-refractivity contribution is -0.137. The fraction of sp³-hybridized carbons (Fsp3) is 0.489. The van der Waals surface area contributed by atoms with Crippen LogP contribution in [-0.4, -0.2) is 178 Å². The van der Waals surface area contributed by atoms with Crippen LogP contribution in [0.25, 0.3) is 10.9 Å². The number of halogens is 2. The number of rotatable bonds is 19. The number of H-pyrrole nitrogens is 1. The van der Waals surface area contributed by atoms with E-state index in [-0.39, 0.29) is 104 Å². The van der Waals surface area contributed by atoms with Crippen molar-refractivity contribution in [3.8, 4) is 0 Å². The molecule has 0 bridgehead atoms. The van der Waals surface area contributed by atoms with E-state index in [1.54, 1.807) is 45.5 Å². The highest BCUT2D eigenvalue weighted by Crippen LogP contribution is 2.51. The third-order valence-corrected chi connectivity index (χ3v) is 29.2. The third-order valence-electron chi connectivity index (χ3n) is 24.5. The number of thioether (sulfide) groups is 3. The standard InChI is InChI=1S/C32H39N5O3S.C29H34ClFN4O3S.C29H36N2O2S/c1-32(2,3)14-18-36-29(39)26(41-30(36)24-9-6-8-21-11-15-33-28(21)24)19-27(38)35-16-12-23(13-17-35)37-20-22-7-4-5-10-25(22)34-31(37)40;1-18(2)10-15-34-27(37)24(39-28(34)26-21(30)7-5-8-22(26)31)16-25(36)33-13-11-20(12-14-33)35-17-19-6-3-4-9-23(19)32-29(35)38;1-21(2)13-17-31-27(33)25(34-28(31)23-9-4-3-5-10-23)20-26(32)30-18-15-29(16-19-30)14-12-22-8-6-7-11-24(22)29/h4-11,15,23,26,30,33H,12-14,16-20H2,1-3H3,(H,34,40);3-9,18,20,24,28H,10-17H2,1-2H3,(H,32,38);3-11,21,25,28H,12-20H2,1-2H3. The van der Waals surface area contributed by atoms with Crippen LogP contribution in [0.5, 0.6) is 0 Å². The molecule has 3 N–H and O–H groups in total. The summed E-state index contributed by atoms with van der Waals surface area (Å²) in [5, 5.41) is 5.42. The average Bonchev–Trinajstić information content (AvgIpc) is 1.61. The molecule has 6 unspecified atom stereocenters. The van der Waals surface area contributed by atoms with Crippen molar-refractivity contribution < 1.29 is 42.7 Å². The van der Waals surface area contributed by atoms with Gasteiger partial charge in [0.25, 0.3) is 0 Å². The third kappa shape index (κ3) is 18.5. The van der Waals surface area contributed by atoms with Gasteiger partial charge in [-0.15, -0.1) is 35.3 Å². The van der Waals surface area contributed by atoms with E-state index in [1.807, 2.05) is 108 Å². The Morgan fingerprint density at radius 2 is 0.982 bits per heavy atom. The summed E-state index contributed by atoms with van der Waals surface area (Å²) in [7, 11) is 0. The van der Waals surface area contributed by atoms with Crippen LogP contribution >= 0.6 is 46.9 Å². The summed E-state index contributed by atoms with van der Waals surface area (Å²) >= 11 is 11.0. The van der Waals surface area contributed by atoms with Crippen LogP contribution in [0.3, 0.4) is 0 Å². The minimum absolute atomic E-state index is 0.00451. The first-order chi connectivity index (χ1) is 54.9. The number of benzene rings is 6. The molecule has 6 aromatic carbocycles. The Labute approximate surface area is 688 Å². The molecule has 1 aromatic heterocycles. The zero-order valence-corrected chi connectivity index (χ0v) is 69.9. The number of urea groups is 2. The van der Waals surface area contributed by atoms with E-state index in [1.165, 1.54) is 35.4 Å². The molecule has 6 saturated heterocycles. The average molecular weight is 1620 g/mol. The maximum atomic E-state index is 14.8.